The van der Waals surface area contributed by atoms with E-state index in [9.17, 15) is 28.1 Å². The maximum absolute atomic E-state index is 13.4. The van der Waals surface area contributed by atoms with Gasteiger partial charge in [0, 0.05) is 16.0 Å². The molecule has 10 heteroatoms. The van der Waals surface area contributed by atoms with Gasteiger partial charge in [-0.2, -0.15) is 13.2 Å². The van der Waals surface area contributed by atoms with E-state index >= 15 is 0 Å². The third-order valence-electron chi connectivity index (χ3n) is 3.23. The maximum atomic E-state index is 13.4. The van der Waals surface area contributed by atoms with Gasteiger partial charge in [0.25, 0.3) is 11.3 Å². The summed E-state index contributed by atoms with van der Waals surface area (Å²) >= 11 is 6.60. The Hall–Kier alpha value is -2.39. The predicted molar refractivity (Wildman–Crippen MR) is 81.8 cm³/mol. The molecule has 0 saturated carbocycles. The largest absolute Gasteiger partial charge is 0.805 e. The van der Waals surface area contributed by atoms with Crippen LogP contribution in [-0.2, 0) is 6.18 Å². The Morgan fingerprint density at radius 1 is 1.29 bits per heavy atom. The molecule has 0 aliphatic rings. The van der Waals surface area contributed by atoms with Crippen molar-refractivity contribution in [2.24, 2.45) is 0 Å². The Morgan fingerprint density at radius 2 is 2.00 bits per heavy atom. The van der Waals surface area contributed by atoms with Crippen molar-refractivity contribution in [3.05, 3.63) is 67.1 Å². The van der Waals surface area contributed by atoms with Gasteiger partial charge in [-0.25, -0.2) is 0 Å². The molecule has 0 spiro atoms. The molecule has 0 atom stereocenters. The van der Waals surface area contributed by atoms with Gasteiger partial charge in [-0.1, -0.05) is 17.7 Å². The van der Waals surface area contributed by atoms with E-state index < -0.39 is 39.1 Å². The van der Waals surface area contributed by atoms with Crippen LogP contribution in [0.2, 0.25) is 5.02 Å². The molecule has 0 aliphatic carbocycles. The number of hydrogen-bond acceptors (Lipinski definition) is 4. The van der Waals surface area contributed by atoms with E-state index in [0.717, 1.165) is 23.5 Å². The van der Waals surface area contributed by atoms with Crippen LogP contribution in [-0.4, -0.2) is 10.5 Å². The molecule has 0 unspecified atom stereocenters. The molecule has 0 saturated heterocycles. The van der Waals surface area contributed by atoms with E-state index in [2.05, 4.69) is 0 Å². The van der Waals surface area contributed by atoms with E-state index in [1.165, 1.54) is 23.6 Å². The molecule has 2 aromatic heterocycles. The first-order valence-corrected chi connectivity index (χ1v) is 7.61. The zero-order valence-corrected chi connectivity index (χ0v) is 13.1. The molecular formula is C14H6ClF3N2O3S. The number of carbonyl (C=O) groups is 1. The van der Waals surface area contributed by atoms with Crippen LogP contribution < -0.4 is 4.43 Å². The highest BCUT2D eigenvalue weighted by atomic mass is 35.5. The van der Waals surface area contributed by atoms with Gasteiger partial charge in [0.05, 0.1) is 9.30 Å². The highest BCUT2D eigenvalue weighted by Crippen LogP contribution is 2.33. The number of halogens is 4. The van der Waals surface area contributed by atoms with Crippen LogP contribution in [0, 0.1) is 10.1 Å². The van der Waals surface area contributed by atoms with E-state index in [-0.39, 0.29) is 14.3 Å². The van der Waals surface area contributed by atoms with Gasteiger partial charge in [-0.15, -0.1) is 11.3 Å². The van der Waals surface area contributed by atoms with Crippen molar-refractivity contribution in [3.63, 3.8) is 0 Å². The average molecular weight is 375 g/mol. The van der Waals surface area contributed by atoms with E-state index in [0.29, 0.717) is 0 Å². The summed E-state index contributed by atoms with van der Waals surface area (Å²) < 4.78 is 39.4. The van der Waals surface area contributed by atoms with Gasteiger partial charge in [-0.05, 0) is 23.6 Å². The van der Waals surface area contributed by atoms with E-state index in [1.54, 1.807) is 0 Å². The minimum atomic E-state index is -5.19. The molecule has 24 heavy (non-hydrogen) atoms. The molecular weight excluding hydrogens is 369 g/mol. The number of aromatic nitrogens is 2. The van der Waals surface area contributed by atoms with Gasteiger partial charge < -0.3 is 9.94 Å². The lowest BCUT2D eigenvalue weighted by Gasteiger charge is -2.20. The lowest BCUT2D eigenvalue weighted by Crippen LogP contribution is -2.34. The summed E-state index contributed by atoms with van der Waals surface area (Å²) in [4.78, 5) is 24.7. The third kappa shape index (κ3) is 2.55. The number of nitrogens with zero attached hydrogens (tertiary/aromatic N) is 2. The zero-order chi connectivity index (χ0) is 17.6. The van der Waals surface area contributed by atoms with Gasteiger partial charge in [0.2, 0.25) is 5.69 Å². The van der Waals surface area contributed by atoms with Crippen molar-refractivity contribution >= 4 is 39.8 Å². The first kappa shape index (κ1) is 16.5. The summed E-state index contributed by atoms with van der Waals surface area (Å²) in [6.45, 7) is 0. The summed E-state index contributed by atoms with van der Waals surface area (Å²) in [5.41, 5.74) is -4.10. The molecule has 0 fully saturated rings. The Kier molecular flexibility index (Phi) is 3.84. The number of carbonyl (C=O) groups excluding carboxylic acids is 1. The number of hydrogen-bond donors (Lipinski definition) is 0. The number of thiophene rings is 1. The van der Waals surface area contributed by atoms with Crippen LogP contribution in [0.25, 0.3) is 11.0 Å². The lowest BCUT2D eigenvalue weighted by molar-refractivity contribution is -0.470. The molecule has 0 radical (unpaired) electrons. The maximum Gasteiger partial charge on any atom is 0.438 e. The fourth-order valence-corrected chi connectivity index (χ4v) is 3.07. The van der Waals surface area contributed by atoms with E-state index in [4.69, 9.17) is 11.6 Å². The number of fused-ring (bicyclic) bond motifs is 1. The summed E-state index contributed by atoms with van der Waals surface area (Å²) in [6.07, 6.45) is -5.19. The number of alkyl halides is 3. The number of rotatable bonds is 2. The Labute approximate surface area is 140 Å². The average Bonchev–Trinajstić information content (AvgIpc) is 3.02. The fraction of sp³-hybridized carbons (Fsp3) is 0.0714. The fourth-order valence-electron chi connectivity index (χ4n) is 2.24. The number of ketones is 1. The molecule has 5 nitrogen and oxygen atoms in total. The predicted octanol–water partition coefficient (Wildman–Crippen LogP) is 3.87. The van der Waals surface area contributed by atoms with Crippen LogP contribution in [0.5, 0.6) is 0 Å². The van der Waals surface area contributed by atoms with Crippen LogP contribution in [0.1, 0.15) is 21.1 Å². The molecule has 3 rings (SSSR count). The van der Waals surface area contributed by atoms with Crippen LogP contribution >= 0.6 is 22.9 Å². The zero-order valence-electron chi connectivity index (χ0n) is 11.5. The van der Waals surface area contributed by atoms with Crippen molar-refractivity contribution < 1.29 is 22.4 Å². The molecule has 3 aromatic rings. The normalized spacial score (nSPS) is 11.8. The molecule has 1 aromatic carbocycles. The third-order valence-corrected chi connectivity index (χ3v) is 4.34. The van der Waals surface area contributed by atoms with Crippen LogP contribution in [0.4, 0.5) is 13.2 Å². The van der Waals surface area contributed by atoms with Gasteiger partial charge >= 0.3 is 11.9 Å². The second kappa shape index (κ2) is 5.60. The highest BCUT2D eigenvalue weighted by Gasteiger charge is 2.45. The first-order chi connectivity index (χ1) is 11.2. The van der Waals surface area contributed by atoms with Crippen LogP contribution in [0.3, 0.4) is 0 Å². The molecule has 124 valence electrons. The van der Waals surface area contributed by atoms with Crippen molar-refractivity contribution in [1.82, 2.24) is 4.73 Å². The first-order valence-electron chi connectivity index (χ1n) is 6.35. The summed E-state index contributed by atoms with van der Waals surface area (Å²) in [5.74, 6) is -1.18. The Bertz CT molecular complexity index is 1010. The summed E-state index contributed by atoms with van der Waals surface area (Å²) in [7, 11) is 0. The minimum Gasteiger partial charge on any atom is -0.805 e. The van der Waals surface area contributed by atoms with Crippen molar-refractivity contribution in [1.29, 1.82) is 0 Å². The summed E-state index contributed by atoms with van der Waals surface area (Å²) in [5, 5.41) is 13.7. The molecule has 0 amide bonds. The second-order valence-corrected chi connectivity index (χ2v) is 6.11. The topological polar surface area (TPSA) is 68.0 Å². The van der Waals surface area contributed by atoms with Gasteiger partial charge in [-0.3, -0.25) is 4.79 Å². The SMILES string of the molecule is O=C(c1cccs1)c1c(C(F)(F)F)n([O-])c2ccc(Cl)cc2[n+]1=O. The lowest BCUT2D eigenvalue weighted by atomic mass is 10.1. The Balaban J connectivity index is 2.48. The molecule has 0 bridgehead atoms. The number of benzene rings is 1. The monoisotopic (exact) mass is 374 g/mol. The molecule has 2 heterocycles. The van der Waals surface area contributed by atoms with Crippen molar-refractivity contribution in [2.45, 2.75) is 6.18 Å². The minimum absolute atomic E-state index is 0.0429. The van der Waals surface area contributed by atoms with Crippen LogP contribution in [0.15, 0.2) is 35.7 Å². The van der Waals surface area contributed by atoms with Gasteiger partial charge in [0.15, 0.2) is 0 Å². The van der Waals surface area contributed by atoms with Crippen molar-refractivity contribution in [2.75, 3.05) is 0 Å². The van der Waals surface area contributed by atoms with Crippen molar-refractivity contribution in [3.8, 4) is 0 Å². The smallest absolute Gasteiger partial charge is 0.438 e. The van der Waals surface area contributed by atoms with Gasteiger partial charge in [0.1, 0.15) is 5.52 Å². The molecule has 0 N–H and O–H groups in total. The Morgan fingerprint density at radius 3 is 2.58 bits per heavy atom. The standard InChI is InChI=1S/C14H6ClF3N2O3S/c15-7-3-4-8-9(6-7)19(22)11(12(21)10-2-1-5-24-10)13(20(8)23)14(16,17)18/h1-6H. The quantitative estimate of drug-likeness (QED) is 0.505. The highest BCUT2D eigenvalue weighted by molar-refractivity contribution is 7.12. The molecule has 0 aliphatic heterocycles. The summed E-state index contributed by atoms with van der Waals surface area (Å²) in [6, 6.07) is 5.92. The van der Waals surface area contributed by atoms with E-state index in [1.807, 2.05) is 0 Å². The second-order valence-electron chi connectivity index (χ2n) is 4.72.